The normalized spacial score (nSPS) is 13.1. The Bertz CT molecular complexity index is 1380. The minimum Gasteiger partial charge on any atom is -0.494 e. The number of fused-ring (bicyclic) bond motifs is 1. The lowest BCUT2D eigenvalue weighted by Crippen LogP contribution is -2.38. The minimum absolute atomic E-state index is 0.453. The van der Waals surface area contributed by atoms with Gasteiger partial charge in [-0.1, -0.05) is 59.2 Å². The molecular formula is C33H48N6O3. The largest absolute Gasteiger partial charge is 0.494 e. The van der Waals surface area contributed by atoms with Crippen LogP contribution in [0.3, 0.4) is 0 Å². The monoisotopic (exact) mass is 576 g/mol. The molecule has 1 fully saturated rings. The van der Waals surface area contributed by atoms with Crippen LogP contribution in [0.1, 0.15) is 41.0 Å². The van der Waals surface area contributed by atoms with Crippen LogP contribution in [-0.4, -0.2) is 66.0 Å². The van der Waals surface area contributed by atoms with E-state index in [1.165, 1.54) is 6.42 Å². The number of anilines is 3. The Morgan fingerprint density at radius 2 is 1.74 bits per heavy atom. The first-order valence-corrected chi connectivity index (χ1v) is 14.8. The molecule has 0 radical (unpaired) electrons. The first kappa shape index (κ1) is 32.7. The van der Waals surface area contributed by atoms with Crippen molar-refractivity contribution in [1.82, 2.24) is 19.4 Å². The van der Waals surface area contributed by atoms with Crippen LogP contribution in [0.15, 0.2) is 54.9 Å². The van der Waals surface area contributed by atoms with Gasteiger partial charge in [0.15, 0.2) is 0 Å². The van der Waals surface area contributed by atoms with Gasteiger partial charge >= 0.3 is 0 Å². The molecule has 9 nitrogen and oxygen atoms in total. The smallest absolute Gasteiger partial charge is 0.227 e. The summed E-state index contributed by atoms with van der Waals surface area (Å²) in [7, 11) is 3.64. The number of para-hydroxylation sites is 1. The lowest BCUT2D eigenvalue weighted by atomic mass is 10.1. The third-order valence-corrected chi connectivity index (χ3v) is 6.18. The van der Waals surface area contributed by atoms with Crippen molar-refractivity contribution < 1.29 is 14.2 Å². The zero-order valence-electron chi connectivity index (χ0n) is 26.3. The minimum atomic E-state index is 0.453. The lowest BCUT2D eigenvalue weighted by molar-refractivity contribution is 0.0323. The van der Waals surface area contributed by atoms with Crippen LogP contribution in [0.5, 0.6) is 11.5 Å². The van der Waals surface area contributed by atoms with E-state index < -0.39 is 0 Å². The van der Waals surface area contributed by atoms with E-state index in [1.54, 1.807) is 25.4 Å². The molecule has 1 aliphatic heterocycles. The van der Waals surface area contributed by atoms with Crippen molar-refractivity contribution in [3.63, 3.8) is 0 Å². The highest BCUT2D eigenvalue weighted by molar-refractivity contribution is 5.95. The van der Waals surface area contributed by atoms with Gasteiger partial charge in [0.1, 0.15) is 18.1 Å². The Morgan fingerprint density at radius 1 is 1.05 bits per heavy atom. The maximum Gasteiger partial charge on any atom is 0.227 e. The number of nitrogens with two attached hydrogens (primary N) is 1. The number of aromatic nitrogens is 3. The summed E-state index contributed by atoms with van der Waals surface area (Å²) in [4.78, 5) is 11.5. The topological polar surface area (TPSA) is 99.7 Å². The molecule has 3 heterocycles. The molecule has 42 heavy (non-hydrogen) atoms. The van der Waals surface area contributed by atoms with Gasteiger partial charge < -0.3 is 29.8 Å². The van der Waals surface area contributed by atoms with Crippen molar-refractivity contribution in [2.75, 3.05) is 57.6 Å². The Morgan fingerprint density at radius 3 is 2.43 bits per heavy atom. The second-order valence-electron chi connectivity index (χ2n) is 10.9. The number of benzene rings is 2. The predicted octanol–water partition coefficient (Wildman–Crippen LogP) is 6.76. The standard InChI is InChI=1S/C26H30N6O3.C4H10.C3H8/c1-31-17-19(18-5-3-4-6-23(18)31)21-7-8-28-26(29-21)30-22-15-20(27)24(16-25(22)33-2)35-14-11-32-9-12-34-13-10-32;1-4(2)3;1-3-2/h3-8,15-17H,9-14,27H2,1-2H3,(H,28,29,30);4H,1-3H3;3H2,1-2H3. The molecule has 0 unspecified atom stereocenters. The van der Waals surface area contributed by atoms with Gasteiger partial charge in [-0.05, 0) is 24.1 Å². The molecule has 3 N–H and O–H groups in total. The van der Waals surface area contributed by atoms with Crippen LogP contribution in [0, 0.1) is 5.92 Å². The van der Waals surface area contributed by atoms with Crippen LogP contribution in [0.4, 0.5) is 17.3 Å². The molecule has 2 aromatic heterocycles. The lowest BCUT2D eigenvalue weighted by Gasteiger charge is -2.26. The zero-order valence-corrected chi connectivity index (χ0v) is 26.3. The number of nitrogens with one attached hydrogen (secondary N) is 1. The first-order valence-electron chi connectivity index (χ1n) is 14.8. The second-order valence-corrected chi connectivity index (χ2v) is 10.9. The Kier molecular flexibility index (Phi) is 12.9. The van der Waals surface area contributed by atoms with Crippen LogP contribution in [0.2, 0.25) is 0 Å². The van der Waals surface area contributed by atoms with Gasteiger partial charge in [0.2, 0.25) is 5.95 Å². The number of ether oxygens (including phenoxy) is 3. The number of nitrogen functional groups attached to an aromatic ring is 1. The third kappa shape index (κ3) is 9.36. The number of hydrogen-bond donors (Lipinski definition) is 2. The molecule has 9 heteroatoms. The molecule has 0 aliphatic carbocycles. The van der Waals surface area contributed by atoms with Gasteiger partial charge in [-0.25, -0.2) is 9.97 Å². The number of nitrogens with zero attached hydrogens (tertiary/aromatic N) is 4. The Balaban J connectivity index is 0.000000627. The average molecular weight is 577 g/mol. The van der Waals surface area contributed by atoms with Crippen molar-refractivity contribution in [1.29, 1.82) is 0 Å². The second kappa shape index (κ2) is 16.6. The summed E-state index contributed by atoms with van der Waals surface area (Å²) in [6.07, 6.45) is 5.07. The van der Waals surface area contributed by atoms with Gasteiger partial charge in [0, 0.05) is 61.6 Å². The number of aryl methyl sites for hydroxylation is 1. The van der Waals surface area contributed by atoms with Crippen molar-refractivity contribution >= 4 is 28.2 Å². The fourth-order valence-electron chi connectivity index (χ4n) is 4.31. The van der Waals surface area contributed by atoms with E-state index in [4.69, 9.17) is 24.9 Å². The highest BCUT2D eigenvalue weighted by Gasteiger charge is 2.15. The molecule has 0 amide bonds. The molecule has 0 atom stereocenters. The van der Waals surface area contributed by atoms with Crippen LogP contribution in [0.25, 0.3) is 22.2 Å². The fraction of sp³-hybridized carbons (Fsp3) is 0.455. The molecule has 1 saturated heterocycles. The number of methoxy groups -OCH3 is 1. The van der Waals surface area contributed by atoms with Crippen LogP contribution < -0.4 is 20.5 Å². The van der Waals surface area contributed by atoms with E-state index in [0.717, 1.165) is 60.9 Å². The van der Waals surface area contributed by atoms with E-state index in [9.17, 15) is 0 Å². The fourth-order valence-corrected chi connectivity index (χ4v) is 4.31. The van der Waals surface area contributed by atoms with E-state index in [2.05, 4.69) is 72.7 Å². The van der Waals surface area contributed by atoms with Crippen LogP contribution >= 0.6 is 0 Å². The molecule has 2 aromatic carbocycles. The molecule has 0 spiro atoms. The maximum absolute atomic E-state index is 6.31. The van der Waals surface area contributed by atoms with Gasteiger partial charge in [-0.3, -0.25) is 4.90 Å². The highest BCUT2D eigenvalue weighted by atomic mass is 16.5. The highest BCUT2D eigenvalue weighted by Crippen LogP contribution is 2.36. The Labute approximate surface area is 251 Å². The summed E-state index contributed by atoms with van der Waals surface area (Å²) in [6, 6.07) is 13.8. The van der Waals surface area contributed by atoms with Gasteiger partial charge in [0.05, 0.1) is 37.4 Å². The van der Waals surface area contributed by atoms with E-state index >= 15 is 0 Å². The summed E-state index contributed by atoms with van der Waals surface area (Å²) in [5, 5.41) is 4.39. The molecule has 228 valence electrons. The summed E-state index contributed by atoms with van der Waals surface area (Å²) in [5.41, 5.74) is 10.5. The van der Waals surface area contributed by atoms with E-state index in [-0.39, 0.29) is 0 Å². The molecule has 0 saturated carbocycles. The van der Waals surface area contributed by atoms with Crippen molar-refractivity contribution in [2.45, 2.75) is 41.0 Å². The number of morpholine rings is 1. The van der Waals surface area contributed by atoms with Gasteiger partial charge in [-0.15, -0.1) is 0 Å². The summed E-state index contributed by atoms with van der Waals surface area (Å²) in [5.74, 6) is 2.47. The average Bonchev–Trinajstić information content (AvgIpc) is 3.31. The maximum atomic E-state index is 6.31. The number of hydrogen-bond acceptors (Lipinski definition) is 8. The summed E-state index contributed by atoms with van der Waals surface area (Å²) in [6.45, 7) is 15.5. The molecular weight excluding hydrogens is 528 g/mol. The molecule has 4 aromatic rings. The zero-order chi connectivity index (χ0) is 30.5. The SMILES string of the molecule is CC(C)C.CCC.COc1cc(OCCN2CCOCC2)c(N)cc1Nc1nccc(-c2cn(C)c3ccccc23)n1. The third-order valence-electron chi connectivity index (χ3n) is 6.18. The van der Waals surface area contributed by atoms with Crippen molar-refractivity contribution in [3.05, 3.63) is 54.9 Å². The van der Waals surface area contributed by atoms with Crippen LogP contribution in [-0.2, 0) is 11.8 Å². The Hall–Kier alpha value is -3.82. The summed E-state index contributed by atoms with van der Waals surface area (Å²) < 4.78 is 19.0. The molecule has 0 bridgehead atoms. The molecule has 1 aliphatic rings. The summed E-state index contributed by atoms with van der Waals surface area (Å²) >= 11 is 0. The van der Waals surface area contributed by atoms with E-state index in [1.807, 2.05) is 25.2 Å². The van der Waals surface area contributed by atoms with Crippen molar-refractivity contribution in [2.24, 2.45) is 13.0 Å². The van der Waals surface area contributed by atoms with Crippen molar-refractivity contribution in [3.8, 4) is 22.8 Å². The van der Waals surface area contributed by atoms with Gasteiger partial charge in [0.25, 0.3) is 0 Å². The van der Waals surface area contributed by atoms with E-state index in [0.29, 0.717) is 35.4 Å². The quantitative estimate of drug-likeness (QED) is 0.222. The number of rotatable bonds is 8. The molecule has 5 rings (SSSR count). The predicted molar refractivity (Wildman–Crippen MR) is 174 cm³/mol. The first-order chi connectivity index (χ1) is 20.3. The van der Waals surface area contributed by atoms with Gasteiger partial charge in [-0.2, -0.15) is 0 Å².